The summed E-state index contributed by atoms with van der Waals surface area (Å²) < 4.78 is 0. The van der Waals surface area contributed by atoms with Crippen LogP contribution in [0.15, 0.2) is 0 Å². The van der Waals surface area contributed by atoms with Crippen molar-refractivity contribution in [1.29, 1.82) is 0 Å². The molecule has 0 aromatic rings. The minimum Gasteiger partial charge on any atom is -0.393 e. The first-order chi connectivity index (χ1) is 13.6. The van der Waals surface area contributed by atoms with Crippen LogP contribution in [0.25, 0.3) is 0 Å². The maximum Gasteiger partial charge on any atom is 0.0622 e. The third-order valence-corrected chi connectivity index (χ3v) is 11.0. The summed E-state index contributed by atoms with van der Waals surface area (Å²) >= 11 is 0. The predicted octanol–water partition coefficient (Wildman–Crippen LogP) is 6.58. The van der Waals surface area contributed by atoms with Crippen LogP contribution in [0.1, 0.15) is 112 Å². The zero-order valence-corrected chi connectivity index (χ0v) is 19.9. The SMILES string of the molecule is C[C@H](CCC[C@@H](C)O)[C@H]1CC[C@H]2[C@@H]3CC[C@@H]4C[C@@](C)(O)CC[C@]4(C)[C@H]3CC[C@]12C. The molecule has 0 bridgehead atoms. The molecule has 0 radical (unpaired) electrons. The molecular weight excluding hydrogens is 356 g/mol. The van der Waals surface area contributed by atoms with Crippen LogP contribution in [0.4, 0.5) is 0 Å². The lowest BCUT2D eigenvalue weighted by atomic mass is 9.43. The highest BCUT2D eigenvalue weighted by molar-refractivity contribution is 5.10. The first-order valence-corrected chi connectivity index (χ1v) is 13.0. The van der Waals surface area contributed by atoms with Gasteiger partial charge in [-0.2, -0.15) is 0 Å². The zero-order chi connectivity index (χ0) is 21.0. The van der Waals surface area contributed by atoms with Gasteiger partial charge in [0, 0.05) is 0 Å². The minimum absolute atomic E-state index is 0.142. The van der Waals surface area contributed by atoms with Crippen LogP contribution in [0.5, 0.6) is 0 Å². The fourth-order valence-corrected chi connectivity index (χ4v) is 9.34. The molecule has 0 saturated heterocycles. The summed E-state index contributed by atoms with van der Waals surface area (Å²) in [6.45, 7) is 11.8. The number of fused-ring (bicyclic) bond motifs is 5. The Bertz CT molecular complexity index is 583. The molecule has 0 spiro atoms. The molecule has 168 valence electrons. The van der Waals surface area contributed by atoms with Gasteiger partial charge in [-0.1, -0.05) is 33.6 Å². The second-order valence-corrected chi connectivity index (χ2v) is 12.8. The fraction of sp³-hybridized carbons (Fsp3) is 1.00. The summed E-state index contributed by atoms with van der Waals surface area (Å²) in [5.74, 6) is 5.21. The Morgan fingerprint density at radius 3 is 2.28 bits per heavy atom. The molecule has 4 saturated carbocycles. The maximum atomic E-state index is 10.7. The molecular formula is C27H48O2. The Morgan fingerprint density at radius 1 is 0.828 bits per heavy atom. The number of hydrogen-bond donors (Lipinski definition) is 2. The van der Waals surface area contributed by atoms with Gasteiger partial charge in [-0.15, -0.1) is 0 Å². The van der Waals surface area contributed by atoms with E-state index in [1.807, 2.05) is 6.92 Å². The van der Waals surface area contributed by atoms with E-state index in [9.17, 15) is 10.2 Å². The molecule has 0 aliphatic heterocycles. The van der Waals surface area contributed by atoms with E-state index in [4.69, 9.17) is 0 Å². The van der Waals surface area contributed by atoms with E-state index in [2.05, 4.69) is 27.7 Å². The molecule has 10 atom stereocenters. The Morgan fingerprint density at radius 2 is 1.55 bits per heavy atom. The maximum absolute atomic E-state index is 10.7. The van der Waals surface area contributed by atoms with Gasteiger partial charge in [0.2, 0.25) is 0 Å². The van der Waals surface area contributed by atoms with Gasteiger partial charge in [-0.25, -0.2) is 0 Å². The van der Waals surface area contributed by atoms with Gasteiger partial charge in [0.15, 0.2) is 0 Å². The average Bonchev–Trinajstić information content (AvgIpc) is 2.99. The lowest BCUT2D eigenvalue weighted by Gasteiger charge is -2.62. The molecule has 2 nitrogen and oxygen atoms in total. The molecule has 4 aliphatic carbocycles. The summed E-state index contributed by atoms with van der Waals surface area (Å²) in [7, 11) is 0. The summed E-state index contributed by atoms with van der Waals surface area (Å²) in [6.07, 6.45) is 15.1. The second-order valence-electron chi connectivity index (χ2n) is 12.8. The van der Waals surface area contributed by atoms with Crippen molar-refractivity contribution >= 4 is 0 Å². The van der Waals surface area contributed by atoms with Crippen LogP contribution < -0.4 is 0 Å². The second kappa shape index (κ2) is 7.80. The Labute approximate surface area is 180 Å². The van der Waals surface area contributed by atoms with Crippen LogP contribution >= 0.6 is 0 Å². The Kier molecular flexibility index (Phi) is 5.95. The average molecular weight is 405 g/mol. The Balaban J connectivity index is 1.46. The van der Waals surface area contributed by atoms with Gasteiger partial charge in [0.25, 0.3) is 0 Å². The molecule has 4 fully saturated rings. The molecule has 0 aromatic carbocycles. The molecule has 0 aromatic heterocycles. The molecule has 2 heteroatoms. The van der Waals surface area contributed by atoms with Gasteiger partial charge in [-0.05, 0) is 124 Å². The molecule has 0 unspecified atom stereocenters. The fourth-order valence-electron chi connectivity index (χ4n) is 9.34. The van der Waals surface area contributed by atoms with E-state index in [0.717, 1.165) is 54.8 Å². The first-order valence-electron chi connectivity index (χ1n) is 13.0. The summed E-state index contributed by atoms with van der Waals surface area (Å²) in [5.41, 5.74) is 0.613. The van der Waals surface area contributed by atoms with E-state index < -0.39 is 5.60 Å². The third-order valence-electron chi connectivity index (χ3n) is 11.0. The zero-order valence-electron chi connectivity index (χ0n) is 19.9. The molecule has 4 rings (SSSR count). The third kappa shape index (κ3) is 3.84. The highest BCUT2D eigenvalue weighted by Crippen LogP contribution is 2.68. The van der Waals surface area contributed by atoms with Crippen molar-refractivity contribution in [2.75, 3.05) is 0 Å². The minimum atomic E-state index is -0.417. The molecule has 0 heterocycles. The van der Waals surface area contributed by atoms with E-state index >= 15 is 0 Å². The lowest BCUT2D eigenvalue weighted by Crippen LogP contribution is -2.55. The lowest BCUT2D eigenvalue weighted by molar-refractivity contribution is -0.148. The summed E-state index contributed by atoms with van der Waals surface area (Å²) in [6, 6.07) is 0. The van der Waals surface area contributed by atoms with Gasteiger partial charge in [0.1, 0.15) is 0 Å². The topological polar surface area (TPSA) is 40.5 Å². The van der Waals surface area contributed by atoms with Gasteiger partial charge in [-0.3, -0.25) is 0 Å². The number of rotatable bonds is 5. The molecule has 29 heavy (non-hydrogen) atoms. The van der Waals surface area contributed by atoms with E-state index in [1.54, 1.807) is 0 Å². The van der Waals surface area contributed by atoms with Gasteiger partial charge >= 0.3 is 0 Å². The molecule has 4 aliphatic rings. The van der Waals surface area contributed by atoms with Gasteiger partial charge < -0.3 is 10.2 Å². The Hall–Kier alpha value is -0.0800. The quantitative estimate of drug-likeness (QED) is 0.543. The van der Waals surface area contributed by atoms with Crippen LogP contribution in [0.3, 0.4) is 0 Å². The van der Waals surface area contributed by atoms with Crippen LogP contribution in [-0.2, 0) is 0 Å². The van der Waals surface area contributed by atoms with Crippen molar-refractivity contribution in [1.82, 2.24) is 0 Å². The number of aliphatic hydroxyl groups is 2. The number of hydrogen-bond acceptors (Lipinski definition) is 2. The van der Waals surface area contributed by atoms with Crippen molar-refractivity contribution in [3.8, 4) is 0 Å². The van der Waals surface area contributed by atoms with Crippen LogP contribution in [0, 0.1) is 46.3 Å². The van der Waals surface area contributed by atoms with Gasteiger partial charge in [0.05, 0.1) is 11.7 Å². The highest BCUT2D eigenvalue weighted by Gasteiger charge is 2.61. The number of aliphatic hydroxyl groups excluding tert-OH is 1. The predicted molar refractivity (Wildman–Crippen MR) is 121 cm³/mol. The highest BCUT2D eigenvalue weighted by atomic mass is 16.3. The van der Waals surface area contributed by atoms with Crippen LogP contribution in [0.2, 0.25) is 0 Å². The van der Waals surface area contributed by atoms with E-state index in [1.165, 1.54) is 57.8 Å². The first kappa shape index (κ1) is 22.1. The van der Waals surface area contributed by atoms with Crippen molar-refractivity contribution in [3.63, 3.8) is 0 Å². The van der Waals surface area contributed by atoms with E-state index in [-0.39, 0.29) is 6.10 Å². The van der Waals surface area contributed by atoms with Crippen molar-refractivity contribution < 1.29 is 10.2 Å². The monoisotopic (exact) mass is 404 g/mol. The van der Waals surface area contributed by atoms with Crippen molar-refractivity contribution in [2.24, 2.45) is 46.3 Å². The van der Waals surface area contributed by atoms with Crippen molar-refractivity contribution in [3.05, 3.63) is 0 Å². The summed E-state index contributed by atoms with van der Waals surface area (Å²) in [4.78, 5) is 0. The van der Waals surface area contributed by atoms with E-state index in [0.29, 0.717) is 10.8 Å². The molecule has 0 amide bonds. The normalized spacial score (nSPS) is 51.6. The largest absolute Gasteiger partial charge is 0.393 e. The summed E-state index contributed by atoms with van der Waals surface area (Å²) in [5, 5.41) is 20.3. The smallest absolute Gasteiger partial charge is 0.0622 e. The molecule has 2 N–H and O–H groups in total. The van der Waals surface area contributed by atoms with Crippen LogP contribution in [-0.4, -0.2) is 21.9 Å². The van der Waals surface area contributed by atoms with Crippen molar-refractivity contribution in [2.45, 2.75) is 123 Å². The standard InChI is InChI=1S/C27H48O2/c1-18(7-6-8-19(2)28)22-11-12-23-21-10-9-20-17-25(3,29)15-16-26(20,4)24(21)13-14-27(22,23)5/h18-24,28-29H,6-17H2,1-5H3/t18-,19-,20-,21+,22-,23+,24+,25+,26+,27-/m1/s1.